The molecule has 0 spiro atoms. The molecule has 230 valence electrons. The van der Waals surface area contributed by atoms with Crippen molar-refractivity contribution in [2.45, 2.75) is 20.1 Å². The zero-order valence-electron chi connectivity index (χ0n) is 24.9. The van der Waals surface area contributed by atoms with E-state index < -0.39 is 5.97 Å². The van der Waals surface area contributed by atoms with E-state index in [4.69, 9.17) is 25.8 Å². The van der Waals surface area contributed by atoms with Gasteiger partial charge in [0.2, 0.25) is 5.78 Å². The Bertz CT molecular complexity index is 2310. The molecule has 0 saturated carbocycles. The van der Waals surface area contributed by atoms with Crippen LogP contribution in [0.2, 0.25) is 5.02 Å². The lowest BCUT2D eigenvalue weighted by molar-refractivity contribution is 0.0461. The molecular weight excluding hydrogens is 608 g/mol. The van der Waals surface area contributed by atoms with Crippen LogP contribution in [0.3, 0.4) is 0 Å². The zero-order valence-corrected chi connectivity index (χ0v) is 25.6. The summed E-state index contributed by atoms with van der Waals surface area (Å²) in [7, 11) is 1.64. The smallest absolute Gasteiger partial charge is 0.338 e. The van der Waals surface area contributed by atoms with E-state index in [1.807, 2.05) is 41.8 Å². The van der Waals surface area contributed by atoms with Crippen molar-refractivity contribution in [2.24, 2.45) is 0 Å². The fourth-order valence-corrected chi connectivity index (χ4v) is 5.68. The Morgan fingerprint density at radius 2 is 1.76 bits per heavy atom. The molecule has 7 rings (SSSR count). The Hall–Kier alpha value is -5.68. The highest BCUT2D eigenvalue weighted by atomic mass is 35.5. The third-order valence-electron chi connectivity index (χ3n) is 7.68. The summed E-state index contributed by atoms with van der Waals surface area (Å²) in [5.41, 5.74) is 3.63. The van der Waals surface area contributed by atoms with E-state index in [9.17, 15) is 9.59 Å². The number of carbonyl (C=O) groups excluding carboxylic acids is 1. The lowest BCUT2D eigenvalue weighted by Crippen LogP contribution is -2.22. The summed E-state index contributed by atoms with van der Waals surface area (Å²) in [6.45, 7) is 2.78. The van der Waals surface area contributed by atoms with Crippen LogP contribution >= 0.6 is 11.6 Å². The summed E-state index contributed by atoms with van der Waals surface area (Å²) in [6.07, 6.45) is 1.73. The van der Waals surface area contributed by atoms with Crippen molar-refractivity contribution in [3.8, 4) is 17.2 Å². The Morgan fingerprint density at radius 1 is 0.935 bits per heavy atom. The zero-order chi connectivity index (χ0) is 31.8. The van der Waals surface area contributed by atoms with Crippen LogP contribution in [0.1, 0.15) is 28.7 Å². The molecule has 11 nitrogen and oxygen atoms in total. The third kappa shape index (κ3) is 5.20. The molecule has 46 heavy (non-hydrogen) atoms. The number of nitrogens with zero attached hydrogens (tertiary/aromatic N) is 6. The fraction of sp³-hybridized carbons (Fsp3) is 0.147. The first-order valence-corrected chi connectivity index (χ1v) is 14.9. The maximum atomic E-state index is 13.7. The monoisotopic (exact) mass is 634 g/mol. The van der Waals surface area contributed by atoms with Gasteiger partial charge in [0.25, 0.3) is 5.56 Å². The van der Waals surface area contributed by atoms with E-state index >= 15 is 0 Å². The molecular formula is C34H27ClN6O5. The topological polar surface area (TPSA) is 115 Å². The number of halogens is 1. The Labute approximate surface area is 267 Å². The molecule has 4 aromatic carbocycles. The van der Waals surface area contributed by atoms with Crippen LogP contribution in [0, 0.1) is 0 Å². The summed E-state index contributed by atoms with van der Waals surface area (Å²) in [6, 6.07) is 25.1. The van der Waals surface area contributed by atoms with Crippen LogP contribution in [-0.4, -0.2) is 48.4 Å². The van der Waals surface area contributed by atoms with Gasteiger partial charge in [0.1, 0.15) is 11.5 Å². The van der Waals surface area contributed by atoms with Crippen molar-refractivity contribution in [3.63, 3.8) is 0 Å². The number of para-hydroxylation sites is 1. The van der Waals surface area contributed by atoms with Crippen LogP contribution in [0.5, 0.6) is 11.5 Å². The lowest BCUT2D eigenvalue weighted by Gasteiger charge is -2.12. The molecule has 0 amide bonds. The number of ether oxygens (including phenoxy) is 3. The molecule has 0 aliphatic carbocycles. The summed E-state index contributed by atoms with van der Waals surface area (Å²) in [5.74, 6) is 1.48. The highest BCUT2D eigenvalue weighted by molar-refractivity contribution is 6.31. The Kier molecular flexibility index (Phi) is 7.59. The van der Waals surface area contributed by atoms with Crippen molar-refractivity contribution in [3.05, 3.63) is 124 Å². The second-order valence-electron chi connectivity index (χ2n) is 10.4. The highest BCUT2D eigenvalue weighted by Gasteiger charge is 2.20. The van der Waals surface area contributed by atoms with Gasteiger partial charge in [0.05, 0.1) is 59.8 Å². The predicted octanol–water partition coefficient (Wildman–Crippen LogP) is 5.85. The van der Waals surface area contributed by atoms with Crippen LogP contribution in [0.4, 0.5) is 0 Å². The van der Waals surface area contributed by atoms with Gasteiger partial charge in [-0.25, -0.2) is 14.3 Å². The van der Waals surface area contributed by atoms with E-state index in [0.29, 0.717) is 57.4 Å². The first kappa shape index (κ1) is 29.1. The number of hydrogen-bond donors (Lipinski definition) is 0. The molecule has 7 aromatic rings. The number of hydrogen-bond acceptors (Lipinski definition) is 8. The molecule has 0 radical (unpaired) electrons. The van der Waals surface area contributed by atoms with Crippen LogP contribution in [0.15, 0.2) is 96.1 Å². The minimum absolute atomic E-state index is 0.205. The number of esters is 1. The maximum absolute atomic E-state index is 13.7. The summed E-state index contributed by atoms with van der Waals surface area (Å²) < 4.78 is 21.9. The largest absolute Gasteiger partial charge is 0.496 e. The molecule has 12 heteroatoms. The van der Waals surface area contributed by atoms with Gasteiger partial charge in [0.15, 0.2) is 12.4 Å². The normalized spacial score (nSPS) is 11.4. The van der Waals surface area contributed by atoms with Crippen molar-refractivity contribution >= 4 is 45.3 Å². The number of fused-ring (bicyclic) bond motifs is 4. The van der Waals surface area contributed by atoms with Gasteiger partial charge in [-0.05, 0) is 73.7 Å². The number of rotatable bonds is 9. The molecule has 3 aromatic heterocycles. The molecule has 0 unspecified atom stereocenters. The molecule has 0 aliphatic rings. The van der Waals surface area contributed by atoms with E-state index in [1.165, 1.54) is 4.57 Å². The average molecular weight is 635 g/mol. The quantitative estimate of drug-likeness (QED) is 0.182. The summed E-state index contributed by atoms with van der Waals surface area (Å²) in [5, 5.41) is 9.46. The minimum atomic E-state index is -0.555. The molecule has 0 aliphatic heterocycles. The molecule has 0 bridgehead atoms. The highest BCUT2D eigenvalue weighted by Crippen LogP contribution is 2.24. The number of aromatic nitrogens is 6. The van der Waals surface area contributed by atoms with E-state index in [0.717, 1.165) is 16.8 Å². The van der Waals surface area contributed by atoms with Gasteiger partial charge < -0.3 is 18.8 Å². The molecule has 3 heterocycles. The van der Waals surface area contributed by atoms with Gasteiger partial charge in [-0.3, -0.25) is 9.20 Å². The lowest BCUT2D eigenvalue weighted by atomic mass is 10.2. The van der Waals surface area contributed by atoms with Gasteiger partial charge in [-0.1, -0.05) is 29.8 Å². The fourth-order valence-electron chi connectivity index (χ4n) is 5.51. The van der Waals surface area contributed by atoms with Crippen molar-refractivity contribution in [1.29, 1.82) is 0 Å². The predicted molar refractivity (Wildman–Crippen MR) is 173 cm³/mol. The summed E-state index contributed by atoms with van der Waals surface area (Å²) >= 11 is 6.34. The van der Waals surface area contributed by atoms with E-state index in [1.54, 1.807) is 72.4 Å². The van der Waals surface area contributed by atoms with Crippen LogP contribution in [0.25, 0.3) is 33.4 Å². The summed E-state index contributed by atoms with van der Waals surface area (Å²) in [4.78, 5) is 31.4. The van der Waals surface area contributed by atoms with Gasteiger partial charge in [-0.2, -0.15) is 0 Å². The van der Waals surface area contributed by atoms with Crippen molar-refractivity contribution in [1.82, 2.24) is 28.7 Å². The minimum Gasteiger partial charge on any atom is -0.496 e. The second-order valence-corrected chi connectivity index (χ2v) is 10.9. The van der Waals surface area contributed by atoms with Gasteiger partial charge >= 0.3 is 5.97 Å². The molecule has 0 N–H and O–H groups in total. The van der Waals surface area contributed by atoms with E-state index in [-0.39, 0.29) is 17.9 Å². The Morgan fingerprint density at radius 3 is 2.57 bits per heavy atom. The van der Waals surface area contributed by atoms with Crippen LogP contribution in [-0.2, 0) is 17.9 Å². The molecule has 0 saturated heterocycles. The standard InChI is InChI=1S/C34H27ClN6O5/c1-3-45-25-12-10-24(11-13-25)40-32(42)26-14-9-23(35)17-29(26)41-31(37-38-34(40)41)19-46-33(43)21-8-15-28-27(16-21)36-20-39(28)18-22-6-4-5-7-30(22)44-2/h4-17,20H,3,18-19H2,1-2H3. The second kappa shape index (κ2) is 12.0. The first-order valence-electron chi connectivity index (χ1n) is 14.5. The molecule has 0 fully saturated rings. The third-order valence-corrected chi connectivity index (χ3v) is 7.91. The van der Waals surface area contributed by atoms with Gasteiger partial charge in [-0.15, -0.1) is 10.2 Å². The number of carbonyl (C=O) groups is 1. The average Bonchev–Trinajstić information content (AvgIpc) is 3.68. The van der Waals surface area contributed by atoms with Crippen molar-refractivity contribution in [2.75, 3.05) is 13.7 Å². The maximum Gasteiger partial charge on any atom is 0.338 e. The van der Waals surface area contributed by atoms with E-state index in [2.05, 4.69) is 15.2 Å². The Balaban J connectivity index is 1.19. The number of methoxy groups -OCH3 is 1. The number of benzene rings is 4. The first-order chi connectivity index (χ1) is 22.4. The molecule has 0 atom stereocenters. The number of imidazole rings is 1. The van der Waals surface area contributed by atoms with Crippen molar-refractivity contribution < 1.29 is 19.0 Å². The SMILES string of the molecule is CCOc1ccc(-n2c(=O)c3ccc(Cl)cc3n3c(COC(=O)c4ccc5c(c4)ncn5Cc4ccccc4OC)nnc23)cc1. The van der Waals surface area contributed by atoms with Gasteiger partial charge in [0, 0.05) is 10.6 Å². The van der Waals surface area contributed by atoms with Crippen LogP contribution < -0.4 is 15.0 Å².